The van der Waals surface area contributed by atoms with Crippen LogP contribution in [0.15, 0.2) is 29.4 Å². The average Bonchev–Trinajstić information content (AvgIpc) is 3.36. The molecule has 0 aliphatic rings. The molecule has 0 aliphatic carbocycles. The Hall–Kier alpha value is -3.38. The van der Waals surface area contributed by atoms with Gasteiger partial charge in [0, 0.05) is 21.1 Å². The number of amides is 2. The molecular formula is C23H27N5O5S2. The molecule has 2 aromatic heterocycles. The fraction of sp³-hybridized carbons (Fsp3) is 0.348. The van der Waals surface area contributed by atoms with Crippen LogP contribution in [0.25, 0.3) is 11.4 Å². The Balaban J connectivity index is 1.77. The van der Waals surface area contributed by atoms with Gasteiger partial charge in [0.25, 0.3) is 5.91 Å². The van der Waals surface area contributed by atoms with E-state index in [4.69, 9.17) is 9.47 Å². The number of carbonyl (C=O) groups excluding carboxylic acids is 3. The molecule has 0 saturated carbocycles. The van der Waals surface area contributed by atoms with Crippen molar-refractivity contribution in [1.82, 2.24) is 19.7 Å². The summed E-state index contributed by atoms with van der Waals surface area (Å²) in [5.74, 6) is 0.103. The minimum absolute atomic E-state index is 0.0214. The van der Waals surface area contributed by atoms with Gasteiger partial charge in [0.05, 0.1) is 35.5 Å². The number of para-hydroxylation sites is 1. The number of thiophene rings is 1. The first kappa shape index (κ1) is 26.2. The summed E-state index contributed by atoms with van der Waals surface area (Å²) in [6.07, 6.45) is 0. The second-order valence-electron chi connectivity index (χ2n) is 7.58. The third kappa shape index (κ3) is 5.65. The van der Waals surface area contributed by atoms with Crippen molar-refractivity contribution in [2.75, 3.05) is 38.9 Å². The molecule has 0 atom stereocenters. The number of rotatable bonds is 9. The number of thioether (sulfide) groups is 1. The quantitative estimate of drug-likeness (QED) is 0.339. The maximum absolute atomic E-state index is 12.8. The molecular weight excluding hydrogens is 490 g/mol. The summed E-state index contributed by atoms with van der Waals surface area (Å²) in [6, 6.07) is 7.54. The van der Waals surface area contributed by atoms with E-state index in [1.54, 1.807) is 25.6 Å². The van der Waals surface area contributed by atoms with Gasteiger partial charge in [0.1, 0.15) is 10.8 Å². The second kappa shape index (κ2) is 11.4. The normalized spacial score (nSPS) is 10.7. The summed E-state index contributed by atoms with van der Waals surface area (Å²) >= 11 is 2.25. The highest BCUT2D eigenvalue weighted by Crippen LogP contribution is 2.35. The van der Waals surface area contributed by atoms with Crippen LogP contribution in [0, 0.1) is 6.92 Å². The molecule has 1 aromatic carbocycles. The Morgan fingerprint density at radius 3 is 2.57 bits per heavy atom. The van der Waals surface area contributed by atoms with Crippen LogP contribution in [0.1, 0.15) is 32.5 Å². The monoisotopic (exact) mass is 517 g/mol. The molecule has 0 radical (unpaired) electrons. The summed E-state index contributed by atoms with van der Waals surface area (Å²) in [6.45, 7) is 4.09. The summed E-state index contributed by atoms with van der Waals surface area (Å²) in [7, 11) is 6.31. The fourth-order valence-electron chi connectivity index (χ4n) is 3.26. The van der Waals surface area contributed by atoms with Gasteiger partial charge in [-0.1, -0.05) is 23.9 Å². The van der Waals surface area contributed by atoms with Gasteiger partial charge >= 0.3 is 5.97 Å². The van der Waals surface area contributed by atoms with Gasteiger partial charge in [-0.25, -0.2) is 4.79 Å². The van der Waals surface area contributed by atoms with E-state index in [0.717, 1.165) is 16.9 Å². The predicted molar refractivity (Wildman–Crippen MR) is 135 cm³/mol. The molecule has 186 valence electrons. The highest BCUT2D eigenvalue weighted by atomic mass is 32.2. The number of carbonyl (C=O) groups is 3. The summed E-state index contributed by atoms with van der Waals surface area (Å²) in [5.41, 5.74) is 1.44. The van der Waals surface area contributed by atoms with Crippen LogP contribution in [-0.2, 0) is 16.6 Å². The summed E-state index contributed by atoms with van der Waals surface area (Å²) in [5, 5.41) is 12.0. The standard InChI is InChI=1S/C23H27N5O5S2/c1-7-33-15-11-9-8-10-14(15)19-25-26-23(28(19)5)34-12-16(29)24-20-17(22(31)32-6)13(2)18(35-20)21(30)27(3)4/h8-11H,7,12H2,1-6H3,(H,24,29). The Bertz CT molecular complexity index is 1250. The van der Waals surface area contributed by atoms with E-state index >= 15 is 0 Å². The number of esters is 1. The van der Waals surface area contributed by atoms with Gasteiger partial charge in [-0.05, 0) is 31.5 Å². The van der Waals surface area contributed by atoms with Crippen molar-refractivity contribution in [3.05, 3.63) is 40.3 Å². The Kier molecular flexibility index (Phi) is 8.52. The van der Waals surface area contributed by atoms with Crippen LogP contribution in [0.2, 0.25) is 0 Å². The zero-order chi connectivity index (χ0) is 25.7. The second-order valence-corrected chi connectivity index (χ2v) is 9.55. The number of nitrogens with zero attached hydrogens (tertiary/aromatic N) is 4. The lowest BCUT2D eigenvalue weighted by Crippen LogP contribution is -2.21. The molecule has 2 amide bonds. The Morgan fingerprint density at radius 2 is 1.91 bits per heavy atom. The smallest absolute Gasteiger partial charge is 0.341 e. The zero-order valence-corrected chi connectivity index (χ0v) is 22.0. The van der Waals surface area contributed by atoms with Crippen LogP contribution in [0.5, 0.6) is 5.75 Å². The Morgan fingerprint density at radius 1 is 1.20 bits per heavy atom. The first-order chi connectivity index (χ1) is 16.7. The van der Waals surface area contributed by atoms with E-state index in [0.29, 0.717) is 33.8 Å². The minimum Gasteiger partial charge on any atom is -0.493 e. The van der Waals surface area contributed by atoms with Gasteiger partial charge in [0.15, 0.2) is 11.0 Å². The maximum Gasteiger partial charge on any atom is 0.341 e. The van der Waals surface area contributed by atoms with Crippen molar-refractivity contribution in [3.63, 3.8) is 0 Å². The highest BCUT2D eigenvalue weighted by Gasteiger charge is 2.27. The van der Waals surface area contributed by atoms with Gasteiger partial charge in [0.2, 0.25) is 5.91 Å². The number of hydrogen-bond acceptors (Lipinski definition) is 9. The van der Waals surface area contributed by atoms with Crippen LogP contribution < -0.4 is 10.1 Å². The van der Waals surface area contributed by atoms with E-state index in [1.807, 2.05) is 38.2 Å². The molecule has 0 saturated heterocycles. The van der Waals surface area contributed by atoms with Crippen molar-refractivity contribution in [2.24, 2.45) is 7.05 Å². The van der Waals surface area contributed by atoms with Crippen LogP contribution in [-0.4, -0.2) is 71.0 Å². The molecule has 0 aliphatic heterocycles. The topological polar surface area (TPSA) is 116 Å². The number of nitrogens with one attached hydrogen (secondary N) is 1. The zero-order valence-electron chi connectivity index (χ0n) is 20.4. The fourth-order valence-corrected chi connectivity index (χ4v) is 5.20. The SMILES string of the molecule is CCOc1ccccc1-c1nnc(SCC(=O)Nc2sc(C(=O)N(C)C)c(C)c2C(=O)OC)n1C. The molecule has 10 nitrogen and oxygen atoms in total. The molecule has 3 rings (SSSR count). The van der Waals surface area contributed by atoms with Crippen LogP contribution in [0.3, 0.4) is 0 Å². The van der Waals surface area contributed by atoms with E-state index < -0.39 is 5.97 Å². The van der Waals surface area contributed by atoms with Crippen molar-refractivity contribution in [2.45, 2.75) is 19.0 Å². The predicted octanol–water partition coefficient (Wildman–Crippen LogP) is 3.47. The lowest BCUT2D eigenvalue weighted by molar-refractivity contribution is -0.113. The minimum atomic E-state index is -0.620. The largest absolute Gasteiger partial charge is 0.493 e. The molecule has 1 N–H and O–H groups in total. The van der Waals surface area contributed by atoms with Crippen molar-refractivity contribution in [3.8, 4) is 17.1 Å². The van der Waals surface area contributed by atoms with Gasteiger partial charge < -0.3 is 24.3 Å². The van der Waals surface area contributed by atoms with E-state index in [1.165, 1.54) is 23.8 Å². The molecule has 0 bridgehead atoms. The van der Waals surface area contributed by atoms with Gasteiger partial charge in [-0.15, -0.1) is 21.5 Å². The molecule has 2 heterocycles. The number of methoxy groups -OCH3 is 1. The number of benzene rings is 1. The number of hydrogen-bond donors (Lipinski definition) is 1. The number of ether oxygens (including phenoxy) is 2. The lowest BCUT2D eigenvalue weighted by atomic mass is 10.1. The number of anilines is 1. The van der Waals surface area contributed by atoms with Crippen molar-refractivity contribution >= 4 is 45.9 Å². The lowest BCUT2D eigenvalue weighted by Gasteiger charge is -2.09. The molecule has 0 fully saturated rings. The Labute approximate surface area is 211 Å². The molecule has 12 heteroatoms. The highest BCUT2D eigenvalue weighted by molar-refractivity contribution is 7.99. The molecule has 0 spiro atoms. The third-order valence-corrected chi connectivity index (χ3v) is 7.20. The maximum atomic E-state index is 12.8. The summed E-state index contributed by atoms with van der Waals surface area (Å²) < 4.78 is 12.3. The average molecular weight is 518 g/mol. The van der Waals surface area contributed by atoms with Crippen molar-refractivity contribution < 1.29 is 23.9 Å². The van der Waals surface area contributed by atoms with Crippen molar-refractivity contribution in [1.29, 1.82) is 0 Å². The first-order valence-corrected chi connectivity index (χ1v) is 12.5. The van der Waals surface area contributed by atoms with Crippen LogP contribution >= 0.6 is 23.1 Å². The third-order valence-electron chi connectivity index (χ3n) is 4.98. The molecule has 35 heavy (non-hydrogen) atoms. The van der Waals surface area contributed by atoms with E-state index in [2.05, 4.69) is 15.5 Å². The van der Waals surface area contributed by atoms with Gasteiger partial charge in [-0.2, -0.15) is 0 Å². The first-order valence-electron chi connectivity index (χ1n) is 10.7. The van der Waals surface area contributed by atoms with E-state index in [-0.39, 0.29) is 28.1 Å². The van der Waals surface area contributed by atoms with Crippen LogP contribution in [0.4, 0.5) is 5.00 Å². The van der Waals surface area contributed by atoms with E-state index in [9.17, 15) is 14.4 Å². The van der Waals surface area contributed by atoms with Gasteiger partial charge in [-0.3, -0.25) is 9.59 Å². The number of aromatic nitrogens is 3. The molecule has 3 aromatic rings. The summed E-state index contributed by atoms with van der Waals surface area (Å²) in [4.78, 5) is 39.4. The molecule has 0 unspecified atom stereocenters.